The van der Waals surface area contributed by atoms with E-state index in [2.05, 4.69) is 30.7 Å². The minimum absolute atomic E-state index is 0.243. The van der Waals surface area contributed by atoms with Gasteiger partial charge in [-0.1, -0.05) is 0 Å². The quantitative estimate of drug-likeness (QED) is 0.712. The number of carbonyl (C=O) groups is 1. The molecule has 1 aliphatic heterocycles. The van der Waals surface area contributed by atoms with Crippen LogP contribution in [0.2, 0.25) is 0 Å². The Morgan fingerprint density at radius 3 is 2.56 bits per heavy atom. The summed E-state index contributed by atoms with van der Waals surface area (Å²) in [7, 11) is 2.11. The van der Waals surface area contributed by atoms with Crippen LogP contribution in [0.4, 0.5) is 0 Å². The highest BCUT2D eigenvalue weighted by Crippen LogP contribution is 2.13. The highest BCUT2D eigenvalue weighted by atomic mass is 16.5. The van der Waals surface area contributed by atoms with E-state index >= 15 is 0 Å². The molecular formula is C13H27N3O2. The molecule has 0 saturated carbocycles. The van der Waals surface area contributed by atoms with Gasteiger partial charge in [-0.3, -0.25) is 9.69 Å². The molecule has 2 N–H and O–H groups in total. The first-order valence-electron chi connectivity index (χ1n) is 6.81. The smallest absolute Gasteiger partial charge is 0.231 e. The van der Waals surface area contributed by atoms with Crippen LogP contribution >= 0.6 is 0 Å². The van der Waals surface area contributed by atoms with Crippen LogP contribution in [0.5, 0.6) is 0 Å². The van der Waals surface area contributed by atoms with Crippen molar-refractivity contribution in [3.8, 4) is 0 Å². The lowest BCUT2D eigenvalue weighted by atomic mass is 10.1. The maximum atomic E-state index is 10.8. The van der Waals surface area contributed by atoms with E-state index < -0.39 is 0 Å². The van der Waals surface area contributed by atoms with Gasteiger partial charge in [-0.25, -0.2) is 0 Å². The fourth-order valence-corrected chi connectivity index (χ4v) is 2.08. The average molecular weight is 257 g/mol. The predicted octanol–water partition coefficient (Wildman–Crippen LogP) is 0.293. The molecule has 1 fully saturated rings. The molecule has 0 spiro atoms. The molecule has 5 nitrogen and oxygen atoms in total. The number of hydrogen-bond donors (Lipinski definition) is 1. The van der Waals surface area contributed by atoms with Crippen LogP contribution in [0, 0.1) is 0 Å². The van der Waals surface area contributed by atoms with Gasteiger partial charge >= 0.3 is 0 Å². The predicted molar refractivity (Wildman–Crippen MR) is 72.4 cm³/mol. The summed E-state index contributed by atoms with van der Waals surface area (Å²) in [5.41, 5.74) is 5.18. The number of likely N-dealkylation sites (tertiary alicyclic amines) is 1. The second-order valence-electron chi connectivity index (χ2n) is 5.39. The molecule has 0 aromatic carbocycles. The summed E-state index contributed by atoms with van der Waals surface area (Å²) in [6.07, 6.45) is 2.34. The Kier molecular flexibility index (Phi) is 6.60. The Morgan fingerprint density at radius 1 is 1.44 bits per heavy atom. The number of likely N-dealkylation sites (N-methyl/N-ethyl adjacent to an activating group) is 1. The Hall–Kier alpha value is -0.650. The Bertz CT molecular complexity index is 251. The molecule has 1 saturated heterocycles. The number of ether oxygens (including phenoxy) is 1. The fourth-order valence-electron chi connectivity index (χ4n) is 2.08. The van der Waals surface area contributed by atoms with Gasteiger partial charge in [-0.05, 0) is 33.7 Å². The second-order valence-corrected chi connectivity index (χ2v) is 5.39. The van der Waals surface area contributed by atoms with Crippen LogP contribution in [0.3, 0.4) is 0 Å². The molecule has 0 aromatic rings. The molecule has 0 atom stereocenters. The van der Waals surface area contributed by atoms with Gasteiger partial charge in [0.05, 0.1) is 19.3 Å². The van der Waals surface area contributed by atoms with Gasteiger partial charge in [0.2, 0.25) is 5.91 Å². The van der Waals surface area contributed by atoms with Gasteiger partial charge in [0.1, 0.15) is 0 Å². The third kappa shape index (κ3) is 5.80. The van der Waals surface area contributed by atoms with Crippen LogP contribution < -0.4 is 5.73 Å². The first-order chi connectivity index (χ1) is 8.49. The van der Waals surface area contributed by atoms with Crippen molar-refractivity contribution in [2.24, 2.45) is 5.73 Å². The molecule has 106 valence electrons. The lowest BCUT2D eigenvalue weighted by Crippen LogP contribution is -2.42. The third-order valence-electron chi connectivity index (χ3n) is 3.59. The van der Waals surface area contributed by atoms with Crippen molar-refractivity contribution < 1.29 is 9.53 Å². The summed E-state index contributed by atoms with van der Waals surface area (Å²) in [4.78, 5) is 15.2. The van der Waals surface area contributed by atoms with E-state index in [1.807, 2.05) is 0 Å². The van der Waals surface area contributed by atoms with Crippen LogP contribution in [-0.4, -0.2) is 67.7 Å². The molecule has 18 heavy (non-hydrogen) atoms. The van der Waals surface area contributed by atoms with Gasteiger partial charge in [-0.2, -0.15) is 0 Å². The Labute approximate surface area is 110 Å². The number of rotatable bonds is 7. The van der Waals surface area contributed by atoms with Gasteiger partial charge in [-0.15, -0.1) is 0 Å². The van der Waals surface area contributed by atoms with E-state index in [1.54, 1.807) is 0 Å². The normalized spacial score (nSPS) is 18.7. The van der Waals surface area contributed by atoms with E-state index in [1.165, 1.54) is 0 Å². The Balaban J connectivity index is 2.10. The van der Waals surface area contributed by atoms with Crippen molar-refractivity contribution in [1.82, 2.24) is 9.80 Å². The van der Waals surface area contributed by atoms with E-state index in [0.717, 1.165) is 39.1 Å². The van der Waals surface area contributed by atoms with Crippen molar-refractivity contribution in [3.63, 3.8) is 0 Å². The van der Waals surface area contributed by atoms with Gasteiger partial charge < -0.3 is 15.4 Å². The van der Waals surface area contributed by atoms with E-state index in [0.29, 0.717) is 18.7 Å². The number of nitrogens with zero attached hydrogens (tertiary/aromatic N) is 2. The first kappa shape index (κ1) is 15.4. The number of carbonyl (C=O) groups excluding carboxylic acids is 1. The van der Waals surface area contributed by atoms with Crippen LogP contribution in [0.1, 0.15) is 26.7 Å². The van der Waals surface area contributed by atoms with Gasteiger partial charge in [0.15, 0.2) is 0 Å². The monoisotopic (exact) mass is 257 g/mol. The minimum atomic E-state index is -0.243. The molecule has 0 unspecified atom stereocenters. The van der Waals surface area contributed by atoms with Crippen molar-refractivity contribution in [1.29, 1.82) is 0 Å². The second kappa shape index (κ2) is 7.71. The van der Waals surface area contributed by atoms with E-state index in [4.69, 9.17) is 10.5 Å². The number of hydrogen-bond acceptors (Lipinski definition) is 4. The first-order valence-corrected chi connectivity index (χ1v) is 6.81. The molecular weight excluding hydrogens is 230 g/mol. The maximum Gasteiger partial charge on any atom is 0.231 e. The van der Waals surface area contributed by atoms with Crippen molar-refractivity contribution in [3.05, 3.63) is 0 Å². The molecule has 0 aliphatic carbocycles. The van der Waals surface area contributed by atoms with Gasteiger partial charge in [0.25, 0.3) is 0 Å². The summed E-state index contributed by atoms with van der Waals surface area (Å²) in [5.74, 6) is -0.243. The van der Waals surface area contributed by atoms with Crippen LogP contribution in [-0.2, 0) is 9.53 Å². The zero-order valence-corrected chi connectivity index (χ0v) is 11.9. The lowest BCUT2D eigenvalue weighted by molar-refractivity contribution is -0.119. The maximum absolute atomic E-state index is 10.8. The summed E-state index contributed by atoms with van der Waals surface area (Å²) < 4.78 is 5.87. The number of amides is 1. The molecule has 1 amide bonds. The zero-order valence-electron chi connectivity index (χ0n) is 11.9. The SMILES string of the molecule is CC(C)N(C)CCOC1CCN(CC(N)=O)CC1. The third-order valence-corrected chi connectivity index (χ3v) is 3.59. The lowest BCUT2D eigenvalue weighted by Gasteiger charge is -2.31. The van der Waals surface area contributed by atoms with E-state index in [9.17, 15) is 4.79 Å². The summed E-state index contributed by atoms with van der Waals surface area (Å²) in [5, 5.41) is 0. The molecule has 0 aromatic heterocycles. The van der Waals surface area contributed by atoms with Crippen LogP contribution in [0.25, 0.3) is 0 Å². The highest BCUT2D eigenvalue weighted by Gasteiger charge is 2.20. The largest absolute Gasteiger partial charge is 0.377 e. The molecule has 5 heteroatoms. The molecule has 0 bridgehead atoms. The fraction of sp³-hybridized carbons (Fsp3) is 0.923. The molecule has 0 radical (unpaired) electrons. The van der Waals surface area contributed by atoms with Crippen molar-refractivity contribution in [2.75, 3.05) is 39.8 Å². The highest BCUT2D eigenvalue weighted by molar-refractivity contribution is 5.75. The number of nitrogens with two attached hydrogens (primary N) is 1. The average Bonchev–Trinajstić information content (AvgIpc) is 2.30. The van der Waals surface area contributed by atoms with Crippen molar-refractivity contribution >= 4 is 5.91 Å². The summed E-state index contributed by atoms with van der Waals surface area (Å²) in [6, 6.07) is 0.561. The van der Waals surface area contributed by atoms with Crippen LogP contribution in [0.15, 0.2) is 0 Å². The summed E-state index contributed by atoms with van der Waals surface area (Å²) >= 11 is 0. The minimum Gasteiger partial charge on any atom is -0.377 e. The van der Waals surface area contributed by atoms with E-state index in [-0.39, 0.29) is 5.91 Å². The standard InChI is InChI=1S/C13H27N3O2/c1-11(2)15(3)8-9-18-12-4-6-16(7-5-12)10-13(14)17/h11-12H,4-10H2,1-3H3,(H2,14,17). The topological polar surface area (TPSA) is 58.8 Å². The molecule has 1 aliphatic rings. The molecule has 1 rings (SSSR count). The van der Waals surface area contributed by atoms with Gasteiger partial charge in [0, 0.05) is 25.7 Å². The number of primary amides is 1. The zero-order chi connectivity index (χ0) is 13.5. The number of piperidine rings is 1. The summed E-state index contributed by atoms with van der Waals surface area (Å²) in [6.45, 7) is 8.32. The Morgan fingerprint density at radius 2 is 2.06 bits per heavy atom. The molecule has 1 heterocycles. The van der Waals surface area contributed by atoms with Crippen molar-refractivity contribution in [2.45, 2.75) is 38.8 Å².